The van der Waals surface area contributed by atoms with Crippen LogP contribution in [0.5, 0.6) is 0 Å². The first-order valence-electron chi connectivity index (χ1n) is 7.19. The molecule has 7 nitrogen and oxygen atoms in total. The molecule has 1 aliphatic rings. The average Bonchev–Trinajstić information content (AvgIpc) is 2.76. The second-order valence-electron chi connectivity index (χ2n) is 5.48. The van der Waals surface area contributed by atoms with Crippen molar-refractivity contribution in [3.8, 4) is 0 Å². The number of carboxylic acids is 1. The molecule has 0 aromatic carbocycles. The van der Waals surface area contributed by atoms with Gasteiger partial charge >= 0.3 is 5.97 Å². The lowest BCUT2D eigenvalue weighted by Gasteiger charge is -2.27. The minimum Gasteiger partial charge on any atom is -0.481 e. The Bertz CT molecular complexity index is 567. The fraction of sp³-hybridized carbons (Fsp3) is 0.643. The predicted molar refractivity (Wildman–Crippen MR) is 80.0 cm³/mol. The highest BCUT2D eigenvalue weighted by Crippen LogP contribution is 2.24. The lowest BCUT2D eigenvalue weighted by atomic mass is 9.86. The van der Waals surface area contributed by atoms with Gasteiger partial charge in [-0.3, -0.25) is 14.3 Å². The molecule has 1 fully saturated rings. The van der Waals surface area contributed by atoms with Crippen LogP contribution in [-0.4, -0.2) is 46.5 Å². The summed E-state index contributed by atoms with van der Waals surface area (Å²) in [6.45, 7) is 2.94. The Morgan fingerprint density at radius 2 is 2.14 bits per heavy atom. The fourth-order valence-corrected chi connectivity index (χ4v) is 2.83. The van der Waals surface area contributed by atoms with Crippen molar-refractivity contribution >= 4 is 23.5 Å². The van der Waals surface area contributed by atoms with E-state index in [0.29, 0.717) is 31.7 Å². The molecule has 0 saturated carbocycles. The van der Waals surface area contributed by atoms with Crippen LogP contribution in [0.3, 0.4) is 0 Å². The third-order valence-electron chi connectivity index (χ3n) is 4.11. The molecule has 22 heavy (non-hydrogen) atoms. The number of amides is 1. The summed E-state index contributed by atoms with van der Waals surface area (Å²) in [6.07, 6.45) is 1.38. The summed E-state index contributed by atoms with van der Waals surface area (Å²) >= 11 is 6.06. The van der Waals surface area contributed by atoms with Crippen LogP contribution in [0.25, 0.3) is 0 Å². The summed E-state index contributed by atoms with van der Waals surface area (Å²) in [4.78, 5) is 23.6. The number of aromatic nitrogens is 2. The molecule has 0 bridgehead atoms. The van der Waals surface area contributed by atoms with Crippen LogP contribution in [0.4, 0.5) is 0 Å². The number of carboxylic acid groups (broad SMARTS) is 1. The summed E-state index contributed by atoms with van der Waals surface area (Å²) in [7, 11) is 1.69. The highest BCUT2D eigenvalue weighted by molar-refractivity contribution is 6.34. The monoisotopic (exact) mass is 329 g/mol. The van der Waals surface area contributed by atoms with Crippen LogP contribution in [0, 0.1) is 18.8 Å². The van der Waals surface area contributed by atoms with E-state index in [-0.39, 0.29) is 23.2 Å². The summed E-state index contributed by atoms with van der Waals surface area (Å²) < 4.78 is 6.76. The van der Waals surface area contributed by atoms with Gasteiger partial charge in [0.2, 0.25) is 0 Å². The molecule has 2 N–H and O–H groups in total. The lowest BCUT2D eigenvalue weighted by molar-refractivity contribution is -0.144. The second-order valence-corrected chi connectivity index (χ2v) is 5.85. The third-order valence-corrected chi connectivity index (χ3v) is 4.56. The van der Waals surface area contributed by atoms with Gasteiger partial charge in [-0.15, -0.1) is 0 Å². The molecule has 1 aromatic heterocycles. The number of hydrogen-bond acceptors (Lipinski definition) is 4. The van der Waals surface area contributed by atoms with Crippen molar-refractivity contribution in [2.45, 2.75) is 19.8 Å². The molecule has 122 valence electrons. The summed E-state index contributed by atoms with van der Waals surface area (Å²) in [5.41, 5.74) is 0.809. The molecule has 2 rings (SSSR count). The molecule has 0 spiro atoms. The van der Waals surface area contributed by atoms with E-state index in [1.807, 2.05) is 0 Å². The molecule has 0 aliphatic carbocycles. The van der Waals surface area contributed by atoms with Gasteiger partial charge in [-0.05, 0) is 25.7 Å². The highest BCUT2D eigenvalue weighted by atomic mass is 35.5. The summed E-state index contributed by atoms with van der Waals surface area (Å²) in [5, 5.41) is 16.4. The van der Waals surface area contributed by atoms with E-state index in [1.165, 1.54) is 4.68 Å². The second kappa shape index (κ2) is 7.11. The largest absolute Gasteiger partial charge is 0.481 e. The van der Waals surface area contributed by atoms with E-state index in [4.69, 9.17) is 16.3 Å². The van der Waals surface area contributed by atoms with Crippen molar-refractivity contribution < 1.29 is 19.4 Å². The van der Waals surface area contributed by atoms with Crippen LogP contribution >= 0.6 is 11.6 Å². The van der Waals surface area contributed by atoms with Crippen LogP contribution < -0.4 is 5.32 Å². The summed E-state index contributed by atoms with van der Waals surface area (Å²) in [6, 6.07) is 0. The number of rotatable bonds is 5. The summed E-state index contributed by atoms with van der Waals surface area (Å²) in [5.74, 6) is -1.98. The van der Waals surface area contributed by atoms with Gasteiger partial charge in [-0.25, -0.2) is 0 Å². The zero-order valence-corrected chi connectivity index (χ0v) is 13.4. The zero-order chi connectivity index (χ0) is 16.3. The van der Waals surface area contributed by atoms with Crippen molar-refractivity contribution in [1.82, 2.24) is 15.1 Å². The van der Waals surface area contributed by atoms with Crippen molar-refractivity contribution in [2.24, 2.45) is 18.9 Å². The number of ether oxygens (including phenoxy) is 1. The number of aliphatic carboxylic acids is 1. The molecular weight excluding hydrogens is 310 g/mol. The Hall–Kier alpha value is -1.60. The van der Waals surface area contributed by atoms with Gasteiger partial charge in [0.05, 0.1) is 16.6 Å². The van der Waals surface area contributed by atoms with Gasteiger partial charge in [0.25, 0.3) is 5.91 Å². The molecule has 1 saturated heterocycles. The molecule has 0 radical (unpaired) electrons. The molecule has 1 amide bonds. The molecule has 1 unspecified atom stereocenters. The van der Waals surface area contributed by atoms with E-state index in [9.17, 15) is 14.7 Å². The predicted octanol–water partition coefficient (Wildman–Crippen LogP) is 1.24. The maximum Gasteiger partial charge on any atom is 0.308 e. The number of aryl methyl sites for hydroxylation is 1. The minimum atomic E-state index is -0.907. The van der Waals surface area contributed by atoms with Crippen LogP contribution in [0.1, 0.15) is 29.0 Å². The Kier molecular flexibility index (Phi) is 5.42. The van der Waals surface area contributed by atoms with Crippen molar-refractivity contribution in [3.05, 3.63) is 16.4 Å². The van der Waals surface area contributed by atoms with Gasteiger partial charge in [0.15, 0.2) is 5.69 Å². The van der Waals surface area contributed by atoms with Crippen LogP contribution in [-0.2, 0) is 16.6 Å². The molecule has 1 atom stereocenters. The normalized spacial score (nSPS) is 17.2. The zero-order valence-electron chi connectivity index (χ0n) is 12.6. The first-order valence-corrected chi connectivity index (χ1v) is 7.57. The number of carbonyl (C=O) groups excluding carboxylic acids is 1. The quantitative estimate of drug-likeness (QED) is 0.847. The number of carbonyl (C=O) groups is 2. The SMILES string of the molecule is Cc1c(Cl)c(C(=O)NCC(C(=O)O)C2CCOCC2)nn1C. The number of halogens is 1. The minimum absolute atomic E-state index is 0.00694. The van der Waals surface area contributed by atoms with E-state index in [1.54, 1.807) is 14.0 Å². The average molecular weight is 330 g/mol. The Balaban J connectivity index is 2.01. The fourth-order valence-electron chi connectivity index (χ4n) is 2.59. The number of nitrogens with zero attached hydrogens (tertiary/aromatic N) is 2. The highest BCUT2D eigenvalue weighted by Gasteiger charge is 2.30. The van der Waals surface area contributed by atoms with Gasteiger partial charge < -0.3 is 15.2 Å². The van der Waals surface area contributed by atoms with Crippen molar-refractivity contribution in [2.75, 3.05) is 19.8 Å². The van der Waals surface area contributed by atoms with Crippen LogP contribution in [0.2, 0.25) is 5.02 Å². The molecule has 1 aromatic rings. The Morgan fingerprint density at radius 1 is 1.50 bits per heavy atom. The van der Waals surface area contributed by atoms with Crippen molar-refractivity contribution in [1.29, 1.82) is 0 Å². The number of hydrogen-bond donors (Lipinski definition) is 2. The van der Waals surface area contributed by atoms with E-state index in [0.717, 1.165) is 0 Å². The maximum atomic E-state index is 12.2. The topological polar surface area (TPSA) is 93.5 Å². The molecular formula is C14H20ClN3O4. The van der Waals surface area contributed by atoms with Gasteiger partial charge in [-0.2, -0.15) is 5.10 Å². The Labute approximate surface area is 133 Å². The molecule has 8 heteroatoms. The molecule has 1 aliphatic heterocycles. The van der Waals surface area contributed by atoms with Crippen LogP contribution in [0.15, 0.2) is 0 Å². The number of nitrogens with one attached hydrogen (secondary N) is 1. The maximum absolute atomic E-state index is 12.2. The van der Waals surface area contributed by atoms with E-state index >= 15 is 0 Å². The van der Waals surface area contributed by atoms with Gasteiger partial charge in [0, 0.05) is 26.8 Å². The van der Waals surface area contributed by atoms with E-state index in [2.05, 4.69) is 10.4 Å². The first kappa shape index (κ1) is 16.8. The lowest BCUT2D eigenvalue weighted by Crippen LogP contribution is -2.39. The Morgan fingerprint density at radius 3 is 2.64 bits per heavy atom. The first-order chi connectivity index (χ1) is 10.4. The van der Waals surface area contributed by atoms with Crippen molar-refractivity contribution in [3.63, 3.8) is 0 Å². The molecule has 2 heterocycles. The van der Waals surface area contributed by atoms with Gasteiger partial charge in [-0.1, -0.05) is 11.6 Å². The smallest absolute Gasteiger partial charge is 0.308 e. The van der Waals surface area contributed by atoms with Gasteiger partial charge in [0.1, 0.15) is 0 Å². The third kappa shape index (κ3) is 3.59. The standard InChI is InChI=1S/C14H20ClN3O4/c1-8-11(15)12(17-18(8)2)13(19)16-7-10(14(20)21)9-3-5-22-6-4-9/h9-10H,3-7H2,1-2H3,(H,16,19)(H,20,21). The van der Waals surface area contributed by atoms with E-state index < -0.39 is 17.8 Å².